The average molecular weight is 419 g/mol. The van der Waals surface area contributed by atoms with E-state index in [0.29, 0.717) is 12.5 Å². The number of carbonyl (C=O) groups is 1. The number of hydrogen-bond donors (Lipinski definition) is 1. The fourth-order valence-corrected chi connectivity index (χ4v) is 4.73. The van der Waals surface area contributed by atoms with Crippen LogP contribution in [0.3, 0.4) is 0 Å². The van der Waals surface area contributed by atoms with E-state index in [1.807, 2.05) is 11.9 Å². The van der Waals surface area contributed by atoms with Gasteiger partial charge in [0.1, 0.15) is 5.84 Å². The number of hydrogen-bond acceptors (Lipinski definition) is 2. The third-order valence-corrected chi connectivity index (χ3v) is 6.54. The van der Waals surface area contributed by atoms with E-state index >= 15 is 0 Å². The first-order valence-corrected chi connectivity index (χ1v) is 11.6. The van der Waals surface area contributed by atoms with Crippen LogP contribution in [-0.4, -0.2) is 54.9 Å². The summed E-state index contributed by atoms with van der Waals surface area (Å²) in [6, 6.07) is 19.2. The lowest BCUT2D eigenvalue weighted by Gasteiger charge is -2.32. The molecule has 0 unspecified atom stereocenters. The van der Waals surface area contributed by atoms with Gasteiger partial charge in [-0.25, -0.2) is 4.79 Å². The van der Waals surface area contributed by atoms with Crippen LogP contribution < -0.4 is 5.32 Å². The molecule has 0 aromatic heterocycles. The molecule has 2 aliphatic rings. The summed E-state index contributed by atoms with van der Waals surface area (Å²) in [5, 5.41) is 3.10. The molecule has 5 heteroatoms. The zero-order valence-corrected chi connectivity index (χ0v) is 18.6. The van der Waals surface area contributed by atoms with Gasteiger partial charge in [0.2, 0.25) is 0 Å². The summed E-state index contributed by atoms with van der Waals surface area (Å²) >= 11 is 0. The molecule has 2 amide bonds. The monoisotopic (exact) mass is 418 g/mol. The minimum atomic E-state index is 0.0510. The van der Waals surface area contributed by atoms with E-state index in [1.165, 1.54) is 18.4 Å². The van der Waals surface area contributed by atoms with Gasteiger partial charge in [0.15, 0.2) is 0 Å². The van der Waals surface area contributed by atoms with Crippen molar-refractivity contribution in [2.45, 2.75) is 38.6 Å². The van der Waals surface area contributed by atoms with Crippen LogP contribution in [0.25, 0.3) is 0 Å². The Hall–Kier alpha value is -2.82. The van der Waals surface area contributed by atoms with Gasteiger partial charge in [-0.2, -0.15) is 0 Å². The molecule has 0 radical (unpaired) electrons. The van der Waals surface area contributed by atoms with Gasteiger partial charge in [-0.1, -0.05) is 54.6 Å². The number of benzene rings is 2. The van der Waals surface area contributed by atoms with Gasteiger partial charge in [-0.05, 0) is 49.1 Å². The molecule has 0 atom stereocenters. The largest absolute Gasteiger partial charge is 0.356 e. The predicted octanol–water partition coefficient (Wildman–Crippen LogP) is 4.32. The van der Waals surface area contributed by atoms with Crippen LogP contribution >= 0.6 is 0 Å². The maximum atomic E-state index is 12.6. The fraction of sp³-hybridized carbons (Fsp3) is 0.462. The van der Waals surface area contributed by atoms with Crippen molar-refractivity contribution in [2.24, 2.45) is 10.9 Å². The molecular formula is C26H34N4O. The number of amidine groups is 1. The Morgan fingerprint density at radius 2 is 1.58 bits per heavy atom. The summed E-state index contributed by atoms with van der Waals surface area (Å²) in [6.45, 7) is 4.42. The summed E-state index contributed by atoms with van der Waals surface area (Å²) in [5.41, 5.74) is 3.67. The molecule has 0 bridgehead atoms. The highest BCUT2D eigenvalue weighted by Crippen LogP contribution is 2.22. The third kappa shape index (κ3) is 5.66. The second kappa shape index (κ2) is 10.5. The second-order valence-corrected chi connectivity index (χ2v) is 8.72. The first kappa shape index (κ1) is 21.4. The lowest BCUT2D eigenvalue weighted by Crippen LogP contribution is -2.44. The minimum Gasteiger partial charge on any atom is -0.356 e. The molecule has 2 heterocycles. The average Bonchev–Trinajstić information content (AvgIpc) is 3.34. The summed E-state index contributed by atoms with van der Waals surface area (Å²) < 4.78 is 0. The molecule has 1 N–H and O–H groups in total. The number of carbonyl (C=O) groups excluding carboxylic acids is 1. The smallest absolute Gasteiger partial charge is 0.317 e. The minimum absolute atomic E-state index is 0.0510. The number of nitrogens with zero attached hydrogens (tertiary/aromatic N) is 3. The molecule has 2 saturated heterocycles. The summed E-state index contributed by atoms with van der Waals surface area (Å²) in [7, 11) is 1.87. The van der Waals surface area contributed by atoms with Crippen molar-refractivity contribution in [1.29, 1.82) is 0 Å². The fourth-order valence-electron chi connectivity index (χ4n) is 4.73. The Morgan fingerprint density at radius 1 is 0.903 bits per heavy atom. The van der Waals surface area contributed by atoms with Gasteiger partial charge < -0.3 is 15.1 Å². The first-order valence-electron chi connectivity index (χ1n) is 11.6. The summed E-state index contributed by atoms with van der Waals surface area (Å²) in [6.07, 6.45) is 5.75. The predicted molar refractivity (Wildman–Crippen MR) is 126 cm³/mol. The van der Waals surface area contributed by atoms with Crippen molar-refractivity contribution in [2.75, 3.05) is 33.2 Å². The zero-order valence-electron chi connectivity index (χ0n) is 18.6. The normalized spacial score (nSPS) is 17.8. The molecular weight excluding hydrogens is 384 g/mol. The van der Waals surface area contributed by atoms with Crippen LogP contribution in [0.4, 0.5) is 4.79 Å². The van der Waals surface area contributed by atoms with Crippen molar-refractivity contribution < 1.29 is 4.79 Å². The van der Waals surface area contributed by atoms with Crippen LogP contribution in [0.1, 0.15) is 42.4 Å². The molecule has 2 aromatic carbocycles. The SMILES string of the molecule is CN=C(c1ccc(CNC(=O)N2CCC(Cc3ccccc3)CC2)cc1)N1CCCC1. The van der Waals surface area contributed by atoms with Gasteiger partial charge in [0, 0.05) is 45.3 Å². The number of piperidine rings is 1. The summed E-state index contributed by atoms with van der Waals surface area (Å²) in [4.78, 5) is 21.4. The van der Waals surface area contributed by atoms with Gasteiger partial charge >= 0.3 is 6.03 Å². The van der Waals surface area contributed by atoms with Crippen LogP contribution in [0.15, 0.2) is 59.6 Å². The van der Waals surface area contributed by atoms with Crippen LogP contribution in [-0.2, 0) is 13.0 Å². The number of urea groups is 1. The molecule has 5 nitrogen and oxygen atoms in total. The van der Waals surface area contributed by atoms with Crippen molar-refractivity contribution >= 4 is 11.9 Å². The zero-order chi connectivity index (χ0) is 21.5. The molecule has 4 rings (SSSR count). The first-order chi connectivity index (χ1) is 15.2. The molecule has 2 aromatic rings. The molecule has 2 fully saturated rings. The number of amides is 2. The maximum Gasteiger partial charge on any atom is 0.317 e. The molecule has 0 aliphatic carbocycles. The Labute approximate surface area is 186 Å². The highest BCUT2D eigenvalue weighted by atomic mass is 16.2. The molecule has 31 heavy (non-hydrogen) atoms. The third-order valence-electron chi connectivity index (χ3n) is 6.54. The Bertz CT molecular complexity index is 864. The van der Waals surface area contributed by atoms with E-state index in [9.17, 15) is 4.79 Å². The number of aliphatic imine (C=N–C) groups is 1. The molecule has 164 valence electrons. The van der Waals surface area contributed by atoms with Crippen molar-refractivity contribution in [3.63, 3.8) is 0 Å². The van der Waals surface area contributed by atoms with E-state index in [1.54, 1.807) is 0 Å². The van der Waals surface area contributed by atoms with E-state index in [4.69, 9.17) is 0 Å². The van der Waals surface area contributed by atoms with Gasteiger partial charge in [0.05, 0.1) is 0 Å². The maximum absolute atomic E-state index is 12.6. The second-order valence-electron chi connectivity index (χ2n) is 8.72. The number of rotatable bonds is 5. The Kier molecular flexibility index (Phi) is 7.23. The summed E-state index contributed by atoms with van der Waals surface area (Å²) in [5.74, 6) is 1.75. The van der Waals surface area contributed by atoms with Crippen LogP contribution in [0.5, 0.6) is 0 Å². The molecule has 0 saturated carbocycles. The van der Waals surface area contributed by atoms with Gasteiger partial charge in [0.25, 0.3) is 0 Å². The van der Waals surface area contributed by atoms with E-state index < -0.39 is 0 Å². The quantitative estimate of drug-likeness (QED) is 0.581. The van der Waals surface area contributed by atoms with Crippen molar-refractivity contribution in [3.8, 4) is 0 Å². The molecule has 0 spiro atoms. The van der Waals surface area contributed by atoms with Crippen molar-refractivity contribution in [1.82, 2.24) is 15.1 Å². The highest BCUT2D eigenvalue weighted by molar-refractivity contribution is 5.98. The Morgan fingerprint density at radius 3 is 2.23 bits per heavy atom. The highest BCUT2D eigenvalue weighted by Gasteiger charge is 2.23. The van der Waals surface area contributed by atoms with E-state index in [2.05, 4.69) is 69.8 Å². The van der Waals surface area contributed by atoms with E-state index in [-0.39, 0.29) is 6.03 Å². The number of likely N-dealkylation sites (tertiary alicyclic amines) is 2. The van der Waals surface area contributed by atoms with Crippen molar-refractivity contribution in [3.05, 3.63) is 71.3 Å². The van der Waals surface area contributed by atoms with Gasteiger partial charge in [-0.15, -0.1) is 0 Å². The Balaban J connectivity index is 1.23. The topological polar surface area (TPSA) is 47.9 Å². The number of nitrogens with one attached hydrogen (secondary N) is 1. The van der Waals surface area contributed by atoms with Crippen LogP contribution in [0, 0.1) is 5.92 Å². The van der Waals surface area contributed by atoms with Crippen LogP contribution in [0.2, 0.25) is 0 Å². The standard InChI is InChI=1S/C26H34N4O/c1-27-25(29-15-5-6-16-29)24-11-9-23(10-12-24)20-28-26(31)30-17-13-22(14-18-30)19-21-7-3-2-4-8-21/h2-4,7-12,22H,5-6,13-20H2,1H3,(H,28,31). The molecule has 2 aliphatic heterocycles. The lowest BCUT2D eigenvalue weighted by atomic mass is 9.90. The van der Waals surface area contributed by atoms with Gasteiger partial charge in [-0.3, -0.25) is 4.99 Å². The van der Waals surface area contributed by atoms with E-state index in [0.717, 1.165) is 62.4 Å². The lowest BCUT2D eigenvalue weighted by molar-refractivity contribution is 0.170.